The van der Waals surface area contributed by atoms with E-state index in [4.69, 9.17) is 10.2 Å². The molecule has 0 amide bonds. The summed E-state index contributed by atoms with van der Waals surface area (Å²) in [5.41, 5.74) is 6.76. The van der Waals surface area contributed by atoms with Gasteiger partial charge in [0, 0.05) is 10.8 Å². The molecule has 4 heteroatoms. The first kappa shape index (κ1) is 12.3. The molecule has 0 saturated carbocycles. The number of nitrogens with two attached hydrogens (primary N) is 1. The first-order chi connectivity index (χ1) is 8.03. The van der Waals surface area contributed by atoms with Crippen LogP contribution in [0.5, 0.6) is 0 Å². The van der Waals surface area contributed by atoms with Crippen LogP contribution >= 0.6 is 11.3 Å². The number of aryl methyl sites for hydroxylation is 1. The van der Waals surface area contributed by atoms with Crippen LogP contribution in [0.4, 0.5) is 0 Å². The maximum absolute atomic E-state index is 5.63. The van der Waals surface area contributed by atoms with Gasteiger partial charge < -0.3 is 10.2 Å². The van der Waals surface area contributed by atoms with E-state index in [-0.39, 0.29) is 5.41 Å². The van der Waals surface area contributed by atoms with E-state index in [2.05, 4.69) is 24.2 Å². The molecular formula is C13H18N2OS. The van der Waals surface area contributed by atoms with Crippen molar-refractivity contribution in [1.82, 2.24) is 4.98 Å². The van der Waals surface area contributed by atoms with E-state index < -0.39 is 0 Å². The number of hydrogen-bond acceptors (Lipinski definition) is 4. The van der Waals surface area contributed by atoms with E-state index in [1.807, 2.05) is 19.1 Å². The summed E-state index contributed by atoms with van der Waals surface area (Å²) in [6.45, 7) is 6.97. The molecule has 3 nitrogen and oxygen atoms in total. The van der Waals surface area contributed by atoms with Gasteiger partial charge in [0.2, 0.25) is 0 Å². The molecule has 0 aliphatic carbocycles. The largest absolute Gasteiger partial charge is 0.459 e. The highest BCUT2D eigenvalue weighted by atomic mass is 32.1. The van der Waals surface area contributed by atoms with E-state index in [9.17, 15) is 0 Å². The summed E-state index contributed by atoms with van der Waals surface area (Å²) in [5, 5.41) is 3.04. The normalized spacial score (nSPS) is 12.0. The minimum atomic E-state index is 0.0329. The summed E-state index contributed by atoms with van der Waals surface area (Å²) in [7, 11) is 0. The van der Waals surface area contributed by atoms with Gasteiger partial charge in [-0.15, -0.1) is 11.3 Å². The predicted molar refractivity (Wildman–Crippen MR) is 71.3 cm³/mol. The Morgan fingerprint density at radius 1 is 1.41 bits per heavy atom. The van der Waals surface area contributed by atoms with E-state index in [0.717, 1.165) is 28.6 Å². The lowest BCUT2D eigenvalue weighted by molar-refractivity contribution is 0.475. The summed E-state index contributed by atoms with van der Waals surface area (Å²) in [4.78, 5) is 4.65. The average molecular weight is 250 g/mol. The smallest absolute Gasteiger partial charge is 0.162 e. The summed E-state index contributed by atoms with van der Waals surface area (Å²) in [5.74, 6) is 1.76. The van der Waals surface area contributed by atoms with Gasteiger partial charge >= 0.3 is 0 Å². The van der Waals surface area contributed by atoms with Crippen LogP contribution in [0, 0.1) is 6.92 Å². The second-order valence-corrected chi connectivity index (χ2v) is 5.73. The Kier molecular flexibility index (Phi) is 3.35. The molecule has 0 atom stereocenters. The predicted octanol–water partition coefficient (Wildman–Crippen LogP) is 3.34. The summed E-state index contributed by atoms with van der Waals surface area (Å²) < 4.78 is 5.58. The molecule has 0 radical (unpaired) electrons. The molecule has 2 heterocycles. The first-order valence-electron chi connectivity index (χ1n) is 5.76. The van der Waals surface area contributed by atoms with Gasteiger partial charge in [-0.2, -0.15) is 0 Å². The molecule has 0 aliphatic rings. The lowest BCUT2D eigenvalue weighted by Crippen LogP contribution is -2.22. The van der Waals surface area contributed by atoms with Crippen LogP contribution in [0.15, 0.2) is 21.9 Å². The molecule has 92 valence electrons. The zero-order valence-electron chi connectivity index (χ0n) is 10.5. The molecule has 2 rings (SSSR count). The van der Waals surface area contributed by atoms with E-state index in [1.54, 1.807) is 11.3 Å². The van der Waals surface area contributed by atoms with Gasteiger partial charge in [0.25, 0.3) is 0 Å². The van der Waals surface area contributed by atoms with Crippen LogP contribution in [0.2, 0.25) is 0 Å². The highest BCUT2D eigenvalue weighted by molar-refractivity contribution is 7.13. The van der Waals surface area contributed by atoms with Gasteiger partial charge in [-0.3, -0.25) is 0 Å². The molecule has 2 N–H and O–H groups in total. The van der Waals surface area contributed by atoms with Crippen molar-refractivity contribution in [2.45, 2.75) is 32.6 Å². The van der Waals surface area contributed by atoms with Crippen molar-refractivity contribution >= 4 is 11.3 Å². The third-order valence-electron chi connectivity index (χ3n) is 2.92. The monoisotopic (exact) mass is 250 g/mol. The lowest BCUT2D eigenvalue weighted by Gasteiger charge is -2.20. The number of nitrogens with zero attached hydrogens (tertiary/aromatic N) is 1. The van der Waals surface area contributed by atoms with Crippen LogP contribution in [0.1, 0.15) is 31.7 Å². The Bertz CT molecular complexity index is 499. The number of aromatic nitrogens is 1. The minimum absolute atomic E-state index is 0.0329. The third-order valence-corrected chi connectivity index (χ3v) is 3.77. The van der Waals surface area contributed by atoms with Gasteiger partial charge in [-0.25, -0.2) is 4.98 Å². The quantitative estimate of drug-likeness (QED) is 0.905. The molecule has 17 heavy (non-hydrogen) atoms. The first-order valence-corrected chi connectivity index (χ1v) is 6.64. The Balaban J connectivity index is 2.27. The second kappa shape index (κ2) is 4.63. The van der Waals surface area contributed by atoms with Crippen LogP contribution in [-0.2, 0) is 5.41 Å². The summed E-state index contributed by atoms with van der Waals surface area (Å²) in [6.07, 6.45) is 0.938. The van der Waals surface area contributed by atoms with Crippen molar-refractivity contribution in [1.29, 1.82) is 0 Å². The maximum Gasteiger partial charge on any atom is 0.162 e. The SMILES string of the molecule is Cc1ccc(-c2nc(C(C)(C)CCN)cs2)o1. The Hall–Kier alpha value is -1.13. The van der Waals surface area contributed by atoms with Crippen LogP contribution in [0.3, 0.4) is 0 Å². The number of furan rings is 1. The average Bonchev–Trinajstić information content (AvgIpc) is 2.85. The zero-order valence-corrected chi connectivity index (χ0v) is 11.3. The molecule has 2 aromatic rings. The summed E-state index contributed by atoms with van der Waals surface area (Å²) >= 11 is 1.62. The molecule has 0 fully saturated rings. The van der Waals surface area contributed by atoms with Gasteiger partial charge in [0.1, 0.15) is 5.76 Å². The van der Waals surface area contributed by atoms with E-state index in [1.165, 1.54) is 0 Å². The van der Waals surface area contributed by atoms with Crippen LogP contribution < -0.4 is 5.73 Å². The molecule has 0 bridgehead atoms. The fraction of sp³-hybridized carbons (Fsp3) is 0.462. The Morgan fingerprint density at radius 2 is 2.18 bits per heavy atom. The fourth-order valence-electron chi connectivity index (χ4n) is 1.74. The third kappa shape index (κ3) is 2.58. The van der Waals surface area contributed by atoms with Crippen molar-refractivity contribution in [2.75, 3.05) is 6.54 Å². The minimum Gasteiger partial charge on any atom is -0.459 e. The van der Waals surface area contributed by atoms with Crippen molar-refractivity contribution in [3.8, 4) is 10.8 Å². The Labute approximate surface area is 106 Å². The number of rotatable bonds is 4. The molecule has 0 unspecified atom stereocenters. The highest BCUT2D eigenvalue weighted by Crippen LogP contribution is 2.32. The van der Waals surface area contributed by atoms with Crippen molar-refractivity contribution < 1.29 is 4.42 Å². The van der Waals surface area contributed by atoms with Crippen molar-refractivity contribution in [3.63, 3.8) is 0 Å². The Morgan fingerprint density at radius 3 is 2.76 bits per heavy atom. The van der Waals surface area contributed by atoms with Gasteiger partial charge in [-0.05, 0) is 32.0 Å². The molecular weight excluding hydrogens is 232 g/mol. The molecule has 0 aliphatic heterocycles. The van der Waals surface area contributed by atoms with Gasteiger partial charge in [0.05, 0.1) is 5.69 Å². The standard InChI is InChI=1S/C13H18N2OS/c1-9-4-5-10(16-9)12-15-11(8-17-12)13(2,3)6-7-14/h4-5,8H,6-7,14H2,1-3H3. The lowest BCUT2D eigenvalue weighted by atomic mass is 9.86. The number of hydrogen-bond donors (Lipinski definition) is 1. The van der Waals surface area contributed by atoms with Crippen molar-refractivity contribution in [2.24, 2.45) is 5.73 Å². The van der Waals surface area contributed by atoms with E-state index in [0.29, 0.717) is 6.54 Å². The maximum atomic E-state index is 5.63. The van der Waals surface area contributed by atoms with Crippen LogP contribution in [0.25, 0.3) is 10.8 Å². The number of thiazole rings is 1. The van der Waals surface area contributed by atoms with E-state index >= 15 is 0 Å². The highest BCUT2D eigenvalue weighted by Gasteiger charge is 2.23. The molecule has 2 aromatic heterocycles. The van der Waals surface area contributed by atoms with Gasteiger partial charge in [0.15, 0.2) is 10.8 Å². The van der Waals surface area contributed by atoms with Crippen molar-refractivity contribution in [3.05, 3.63) is 29.0 Å². The second-order valence-electron chi connectivity index (χ2n) is 4.87. The van der Waals surface area contributed by atoms with Gasteiger partial charge in [-0.1, -0.05) is 13.8 Å². The molecule has 0 saturated heterocycles. The zero-order chi connectivity index (χ0) is 12.5. The topological polar surface area (TPSA) is 52.0 Å². The molecule has 0 spiro atoms. The molecule has 0 aromatic carbocycles. The fourth-order valence-corrected chi connectivity index (χ4v) is 2.71. The summed E-state index contributed by atoms with van der Waals surface area (Å²) in [6, 6.07) is 3.93. The van der Waals surface area contributed by atoms with Crippen LogP contribution in [-0.4, -0.2) is 11.5 Å².